The molecular weight excluding hydrogens is 242 g/mol. The lowest BCUT2D eigenvalue weighted by molar-refractivity contribution is -0.325. The van der Waals surface area contributed by atoms with Crippen LogP contribution < -0.4 is 0 Å². The normalized spacial score (nSPS) is 48.0. The zero-order valence-corrected chi connectivity index (χ0v) is 10.5. The Kier molecular flexibility index (Phi) is 2.17. The Balaban J connectivity index is 1.96. The molecule has 17 heavy (non-hydrogen) atoms. The summed E-state index contributed by atoms with van der Waals surface area (Å²) in [4.78, 5) is 0. The number of rotatable bonds is 2. The minimum atomic E-state index is -3.56. The Bertz CT molecular complexity index is 478. The molecule has 0 aromatic heterocycles. The summed E-state index contributed by atoms with van der Waals surface area (Å²) in [6, 6.07) is 2.22. The molecule has 0 N–H and O–H groups in total. The van der Waals surface area contributed by atoms with E-state index in [0.717, 1.165) is 25.5 Å². The van der Waals surface area contributed by atoms with Crippen LogP contribution in [0.15, 0.2) is 0 Å². The third-order valence-corrected chi connectivity index (χ3v) is 4.60. The van der Waals surface area contributed by atoms with Crippen molar-refractivity contribution in [1.82, 2.24) is 0 Å². The number of nitriles is 1. The van der Waals surface area contributed by atoms with E-state index in [-0.39, 0.29) is 0 Å². The van der Waals surface area contributed by atoms with Gasteiger partial charge in [-0.25, -0.2) is 4.18 Å². The van der Waals surface area contributed by atoms with E-state index in [2.05, 4.69) is 6.07 Å². The third kappa shape index (κ3) is 1.86. The van der Waals surface area contributed by atoms with Gasteiger partial charge in [-0.05, 0) is 31.1 Å². The van der Waals surface area contributed by atoms with E-state index in [1.165, 1.54) is 0 Å². The van der Waals surface area contributed by atoms with E-state index in [9.17, 15) is 13.7 Å². The summed E-state index contributed by atoms with van der Waals surface area (Å²) in [5.41, 5.74) is -0.811. The van der Waals surface area contributed by atoms with Gasteiger partial charge in [0.1, 0.15) is 0 Å². The molecule has 0 aromatic rings. The predicted octanol–water partition coefficient (Wildman–Crippen LogP) is 1.16. The average molecular weight is 257 g/mol. The molecule has 4 aliphatic rings. The van der Waals surface area contributed by atoms with Crippen LogP contribution in [0.5, 0.6) is 0 Å². The Labute approximate surface area is 101 Å². The van der Waals surface area contributed by atoms with Crippen molar-refractivity contribution in [3.63, 3.8) is 0 Å². The lowest BCUT2D eigenvalue weighted by atomic mass is 9.61. The molecule has 5 nitrogen and oxygen atoms in total. The summed E-state index contributed by atoms with van der Waals surface area (Å²) in [6.07, 6.45) is 4.74. The SMILES string of the molecule is CS(=O)(=O)OC12C[C@H]3C[C@@H](CC(C#N)(C3)O1)C2. The molecule has 2 atom stereocenters. The molecule has 4 bridgehead atoms. The van der Waals surface area contributed by atoms with Gasteiger partial charge in [-0.1, -0.05) is 0 Å². The van der Waals surface area contributed by atoms with Gasteiger partial charge in [0.25, 0.3) is 10.1 Å². The lowest BCUT2D eigenvalue weighted by Crippen LogP contribution is -2.62. The van der Waals surface area contributed by atoms with Crippen molar-refractivity contribution in [1.29, 1.82) is 5.26 Å². The second kappa shape index (κ2) is 3.22. The van der Waals surface area contributed by atoms with Gasteiger partial charge in [0.05, 0.1) is 12.3 Å². The standard InChI is InChI=1S/C11H15NO4S/c1-17(13,14)16-11-5-8-2-9(6-11)4-10(3-8,7-12)15-11/h8-9H,2-6H2,1H3/t8-,9-,10?,11?/m0/s1. The van der Waals surface area contributed by atoms with E-state index in [4.69, 9.17) is 8.92 Å². The van der Waals surface area contributed by atoms with Crippen molar-refractivity contribution in [2.24, 2.45) is 11.8 Å². The van der Waals surface area contributed by atoms with Gasteiger partial charge in [-0.3, -0.25) is 0 Å². The van der Waals surface area contributed by atoms with Crippen LogP contribution in [0.3, 0.4) is 0 Å². The number of ether oxygens (including phenoxy) is 1. The van der Waals surface area contributed by atoms with Gasteiger partial charge < -0.3 is 4.74 Å². The van der Waals surface area contributed by atoms with E-state index < -0.39 is 21.5 Å². The zero-order valence-electron chi connectivity index (χ0n) is 9.68. The van der Waals surface area contributed by atoms with E-state index >= 15 is 0 Å². The molecule has 94 valence electrons. The highest BCUT2D eigenvalue weighted by Gasteiger charge is 2.61. The second-order valence-corrected chi connectivity index (χ2v) is 7.27. The van der Waals surface area contributed by atoms with Crippen LogP contribution in [0.1, 0.15) is 32.1 Å². The highest BCUT2D eigenvalue weighted by Crippen LogP contribution is 2.58. The fourth-order valence-electron chi connectivity index (χ4n) is 3.93. The summed E-state index contributed by atoms with van der Waals surface area (Å²) in [5, 5.41) is 9.26. The van der Waals surface area contributed by atoms with Crippen molar-refractivity contribution >= 4 is 10.1 Å². The van der Waals surface area contributed by atoms with E-state index in [0.29, 0.717) is 24.7 Å². The van der Waals surface area contributed by atoms with Crippen molar-refractivity contribution in [2.45, 2.75) is 43.5 Å². The maximum absolute atomic E-state index is 11.3. The first-order valence-corrected chi connectivity index (χ1v) is 7.67. The summed E-state index contributed by atoms with van der Waals surface area (Å²) in [7, 11) is -3.56. The van der Waals surface area contributed by atoms with Crippen LogP contribution in [0.2, 0.25) is 0 Å². The highest BCUT2D eigenvalue weighted by atomic mass is 32.2. The van der Waals surface area contributed by atoms with Crippen LogP contribution in [0, 0.1) is 23.2 Å². The molecule has 0 radical (unpaired) electrons. The van der Waals surface area contributed by atoms with Gasteiger partial charge in [-0.15, -0.1) is 0 Å². The summed E-state index contributed by atoms with van der Waals surface area (Å²) in [6.45, 7) is 0. The second-order valence-electron chi connectivity index (χ2n) is 5.69. The average Bonchev–Trinajstić information content (AvgIpc) is 2.11. The molecule has 2 heterocycles. The van der Waals surface area contributed by atoms with E-state index in [1.54, 1.807) is 0 Å². The molecular formula is C11H15NO4S. The smallest absolute Gasteiger partial charge is 0.267 e. The quantitative estimate of drug-likeness (QED) is 0.694. The molecule has 2 aliphatic carbocycles. The predicted molar refractivity (Wildman–Crippen MR) is 58.2 cm³/mol. The Morgan fingerprint density at radius 3 is 2.35 bits per heavy atom. The van der Waals surface area contributed by atoms with Crippen molar-refractivity contribution in [3.8, 4) is 6.07 Å². The molecule has 4 fully saturated rings. The topological polar surface area (TPSA) is 76.4 Å². The monoisotopic (exact) mass is 257 g/mol. The number of nitrogens with zero attached hydrogens (tertiary/aromatic N) is 1. The zero-order chi connectivity index (χ0) is 12.3. The van der Waals surface area contributed by atoms with Gasteiger partial charge in [-0.2, -0.15) is 13.7 Å². The van der Waals surface area contributed by atoms with Gasteiger partial charge in [0.2, 0.25) is 0 Å². The molecule has 2 saturated heterocycles. The maximum atomic E-state index is 11.3. The first-order valence-electron chi connectivity index (χ1n) is 5.86. The number of hydrogen-bond donors (Lipinski definition) is 0. The first kappa shape index (κ1) is 11.5. The van der Waals surface area contributed by atoms with Crippen LogP contribution in [0.4, 0.5) is 0 Å². The first-order chi connectivity index (χ1) is 7.84. The molecule has 6 heteroatoms. The van der Waals surface area contributed by atoms with Crippen LogP contribution in [-0.4, -0.2) is 26.1 Å². The Morgan fingerprint density at radius 1 is 1.29 bits per heavy atom. The fourth-order valence-corrected chi connectivity index (χ4v) is 4.65. The van der Waals surface area contributed by atoms with Crippen molar-refractivity contribution in [2.75, 3.05) is 6.26 Å². The minimum Gasteiger partial charge on any atom is -0.327 e. The molecule has 4 rings (SSSR count). The molecule has 0 aromatic carbocycles. The number of hydrogen-bond acceptors (Lipinski definition) is 5. The van der Waals surface area contributed by atoms with E-state index in [1.807, 2.05) is 0 Å². The molecule has 2 aliphatic heterocycles. The summed E-state index contributed by atoms with van der Waals surface area (Å²) in [5.74, 6) is -0.344. The largest absolute Gasteiger partial charge is 0.327 e. The van der Waals surface area contributed by atoms with Crippen LogP contribution >= 0.6 is 0 Å². The third-order valence-electron chi connectivity index (χ3n) is 3.99. The summed E-state index contributed by atoms with van der Waals surface area (Å²) >= 11 is 0. The summed E-state index contributed by atoms with van der Waals surface area (Å²) < 4.78 is 33.6. The highest BCUT2D eigenvalue weighted by molar-refractivity contribution is 7.86. The molecule has 0 unspecified atom stereocenters. The van der Waals surface area contributed by atoms with Crippen LogP contribution in [0.25, 0.3) is 0 Å². The fraction of sp³-hybridized carbons (Fsp3) is 0.909. The molecule has 0 amide bonds. The molecule has 0 spiro atoms. The Hall–Kier alpha value is -0.640. The van der Waals surface area contributed by atoms with Crippen molar-refractivity contribution in [3.05, 3.63) is 0 Å². The molecule has 2 saturated carbocycles. The maximum Gasteiger partial charge on any atom is 0.267 e. The van der Waals surface area contributed by atoms with Gasteiger partial charge >= 0.3 is 0 Å². The lowest BCUT2D eigenvalue weighted by Gasteiger charge is -2.58. The van der Waals surface area contributed by atoms with Crippen molar-refractivity contribution < 1.29 is 17.3 Å². The van der Waals surface area contributed by atoms with Crippen LogP contribution in [-0.2, 0) is 19.0 Å². The minimum absolute atomic E-state index is 0.359. The Morgan fingerprint density at radius 2 is 1.88 bits per heavy atom. The van der Waals surface area contributed by atoms with Gasteiger partial charge in [0.15, 0.2) is 11.4 Å². The van der Waals surface area contributed by atoms with Gasteiger partial charge in [0, 0.05) is 12.8 Å².